The smallest absolute Gasteiger partial charge is 0.387 e. The van der Waals surface area contributed by atoms with Crippen molar-refractivity contribution in [2.45, 2.75) is 219 Å². The Morgan fingerprint density at radius 3 is 1.51 bits per heavy atom. The summed E-state index contributed by atoms with van der Waals surface area (Å²) in [6.07, 6.45) is 43.8. The molecule has 0 rings (SSSR count). The zero-order valence-electron chi connectivity index (χ0n) is 33.4. The molecule has 0 radical (unpaired) electrons. The lowest BCUT2D eigenvalue weighted by Gasteiger charge is -2.23. The first-order valence-corrected chi connectivity index (χ1v) is 23.0. The molecule has 0 aromatic rings. The van der Waals surface area contributed by atoms with E-state index in [0.717, 1.165) is 51.4 Å². The largest absolute Gasteiger partial charge is 0.472 e. The lowest BCUT2D eigenvalue weighted by molar-refractivity contribution is -0.123. The maximum Gasteiger partial charge on any atom is 0.472 e. The molecule has 0 aliphatic rings. The summed E-state index contributed by atoms with van der Waals surface area (Å²) in [5, 5.41) is 13.6. The van der Waals surface area contributed by atoms with Gasteiger partial charge in [-0.05, 0) is 38.5 Å². The molecule has 0 aromatic heterocycles. The summed E-state index contributed by atoms with van der Waals surface area (Å²) < 4.78 is 22.1. The number of phosphoric acid groups is 1. The fraction of sp³-hybridized carbons (Fsp3) is 0.881. The van der Waals surface area contributed by atoms with Crippen molar-refractivity contribution in [1.82, 2.24) is 5.32 Å². The number of rotatable bonds is 40. The second-order valence-electron chi connectivity index (χ2n) is 14.6. The van der Waals surface area contributed by atoms with E-state index in [9.17, 15) is 19.4 Å². The standard InChI is InChI=1S/C42H83N2O6P/c1-3-5-7-9-11-13-15-16-17-18-19-20-21-22-23-24-26-27-29-31-33-35-41(45)40(39-50-51(47,48)49-38-37-43)44-42(46)36-34-32-30-28-25-14-12-10-8-6-4-2/h10,12,33,35,40-41,45H,3-9,11,13-32,34,36-39,43H2,1-2H3,(H,44,46)(H,47,48)/b12-10-,35-33+. The predicted molar refractivity (Wildman–Crippen MR) is 217 cm³/mol. The van der Waals surface area contributed by atoms with Gasteiger partial charge in [-0.25, -0.2) is 4.57 Å². The zero-order valence-corrected chi connectivity index (χ0v) is 34.2. The average Bonchev–Trinajstić information content (AvgIpc) is 3.12. The van der Waals surface area contributed by atoms with E-state index < -0.39 is 20.0 Å². The van der Waals surface area contributed by atoms with Gasteiger partial charge in [0.2, 0.25) is 5.91 Å². The van der Waals surface area contributed by atoms with Crippen LogP contribution in [0.25, 0.3) is 0 Å². The third-order valence-electron chi connectivity index (χ3n) is 9.52. The molecule has 0 spiro atoms. The van der Waals surface area contributed by atoms with E-state index in [1.807, 2.05) is 6.08 Å². The molecule has 0 saturated heterocycles. The Kier molecular flexibility index (Phi) is 37.9. The number of phosphoric ester groups is 1. The SMILES string of the molecule is CCCC/C=C\CCCCCCCC(=O)NC(COP(=O)(O)OCCN)C(O)/C=C/CCCCCCCCCCCCCCCCCCCCC. The van der Waals surface area contributed by atoms with Crippen LogP contribution in [-0.4, -0.2) is 47.8 Å². The quantitative estimate of drug-likeness (QED) is 0.0279. The molecule has 0 fully saturated rings. The Morgan fingerprint density at radius 2 is 1.04 bits per heavy atom. The summed E-state index contributed by atoms with van der Waals surface area (Å²) in [5.41, 5.74) is 5.36. The van der Waals surface area contributed by atoms with Crippen molar-refractivity contribution in [3.8, 4) is 0 Å². The number of hydrogen-bond acceptors (Lipinski definition) is 6. The van der Waals surface area contributed by atoms with Gasteiger partial charge in [-0.2, -0.15) is 0 Å². The number of unbranched alkanes of at least 4 members (excludes halogenated alkanes) is 26. The van der Waals surface area contributed by atoms with Crippen LogP contribution in [-0.2, 0) is 18.4 Å². The van der Waals surface area contributed by atoms with E-state index in [2.05, 4.69) is 31.3 Å². The van der Waals surface area contributed by atoms with E-state index in [1.165, 1.54) is 135 Å². The second kappa shape index (κ2) is 38.7. The van der Waals surface area contributed by atoms with Gasteiger partial charge >= 0.3 is 7.82 Å². The zero-order chi connectivity index (χ0) is 37.5. The monoisotopic (exact) mass is 743 g/mol. The first-order valence-electron chi connectivity index (χ1n) is 21.5. The number of carbonyl (C=O) groups is 1. The van der Waals surface area contributed by atoms with E-state index in [0.29, 0.717) is 6.42 Å². The number of carbonyl (C=O) groups excluding carboxylic acids is 1. The molecule has 0 aromatic carbocycles. The predicted octanol–water partition coefficient (Wildman–Crippen LogP) is 11.8. The van der Waals surface area contributed by atoms with Crippen LogP contribution in [0.2, 0.25) is 0 Å². The number of hydrogen-bond donors (Lipinski definition) is 4. The van der Waals surface area contributed by atoms with Gasteiger partial charge in [0.05, 0.1) is 25.4 Å². The van der Waals surface area contributed by atoms with Crippen LogP contribution >= 0.6 is 7.82 Å². The molecule has 0 saturated carbocycles. The highest BCUT2D eigenvalue weighted by Gasteiger charge is 2.26. The Labute approximate surface area is 315 Å². The maximum absolute atomic E-state index is 12.7. The molecular weight excluding hydrogens is 659 g/mol. The third kappa shape index (κ3) is 37.1. The van der Waals surface area contributed by atoms with Crippen molar-refractivity contribution < 1.29 is 28.4 Å². The number of allylic oxidation sites excluding steroid dienone is 3. The molecule has 302 valence electrons. The van der Waals surface area contributed by atoms with Crippen LogP contribution in [0.15, 0.2) is 24.3 Å². The minimum absolute atomic E-state index is 0.0779. The number of nitrogens with one attached hydrogen (secondary N) is 1. The Balaban J connectivity index is 4.15. The van der Waals surface area contributed by atoms with Crippen LogP contribution in [0.5, 0.6) is 0 Å². The van der Waals surface area contributed by atoms with Crippen LogP contribution < -0.4 is 11.1 Å². The van der Waals surface area contributed by atoms with Gasteiger partial charge in [-0.3, -0.25) is 13.8 Å². The van der Waals surface area contributed by atoms with Crippen molar-refractivity contribution >= 4 is 13.7 Å². The van der Waals surface area contributed by atoms with Crippen molar-refractivity contribution in [1.29, 1.82) is 0 Å². The van der Waals surface area contributed by atoms with Gasteiger partial charge in [-0.15, -0.1) is 0 Å². The molecule has 0 aliphatic heterocycles. The van der Waals surface area contributed by atoms with Crippen LogP contribution in [0, 0.1) is 0 Å². The third-order valence-corrected chi connectivity index (χ3v) is 10.5. The lowest BCUT2D eigenvalue weighted by atomic mass is 10.0. The van der Waals surface area contributed by atoms with Crippen molar-refractivity contribution in [2.24, 2.45) is 5.73 Å². The summed E-state index contributed by atoms with van der Waals surface area (Å²) >= 11 is 0. The molecule has 3 unspecified atom stereocenters. The minimum atomic E-state index is -4.33. The molecular formula is C42H83N2O6P. The summed E-state index contributed by atoms with van der Waals surface area (Å²) in [5.74, 6) is -0.204. The molecule has 3 atom stereocenters. The maximum atomic E-state index is 12.7. The Hall–Kier alpha value is -1.02. The van der Waals surface area contributed by atoms with Crippen molar-refractivity contribution in [3.63, 3.8) is 0 Å². The number of aliphatic hydroxyl groups is 1. The summed E-state index contributed by atoms with van der Waals surface area (Å²) in [4.78, 5) is 22.6. The summed E-state index contributed by atoms with van der Waals surface area (Å²) in [6.45, 7) is 4.10. The average molecular weight is 743 g/mol. The highest BCUT2D eigenvalue weighted by molar-refractivity contribution is 7.47. The van der Waals surface area contributed by atoms with Crippen molar-refractivity contribution in [2.75, 3.05) is 19.8 Å². The number of amides is 1. The first kappa shape index (κ1) is 50.0. The van der Waals surface area contributed by atoms with E-state index in [-0.39, 0.29) is 25.7 Å². The molecule has 0 bridgehead atoms. The van der Waals surface area contributed by atoms with Gasteiger partial charge in [0.25, 0.3) is 0 Å². The molecule has 51 heavy (non-hydrogen) atoms. The number of aliphatic hydroxyl groups excluding tert-OH is 1. The fourth-order valence-corrected chi connectivity index (χ4v) is 6.99. The fourth-order valence-electron chi connectivity index (χ4n) is 6.23. The van der Waals surface area contributed by atoms with E-state index >= 15 is 0 Å². The number of nitrogens with two attached hydrogens (primary N) is 1. The molecule has 1 amide bonds. The summed E-state index contributed by atoms with van der Waals surface area (Å²) in [7, 11) is -4.33. The molecule has 0 heterocycles. The van der Waals surface area contributed by atoms with Crippen LogP contribution in [0.4, 0.5) is 0 Å². The normalized spacial score (nSPS) is 14.4. The molecule has 8 nitrogen and oxygen atoms in total. The second-order valence-corrected chi connectivity index (χ2v) is 16.0. The first-order chi connectivity index (χ1) is 24.9. The van der Waals surface area contributed by atoms with E-state index in [1.54, 1.807) is 6.08 Å². The minimum Gasteiger partial charge on any atom is -0.387 e. The lowest BCUT2D eigenvalue weighted by Crippen LogP contribution is -2.45. The Morgan fingerprint density at radius 1 is 0.627 bits per heavy atom. The molecule has 9 heteroatoms. The van der Waals surface area contributed by atoms with Gasteiger partial charge in [0, 0.05) is 13.0 Å². The van der Waals surface area contributed by atoms with Gasteiger partial charge in [-0.1, -0.05) is 186 Å². The van der Waals surface area contributed by atoms with Gasteiger partial charge in [0.1, 0.15) is 0 Å². The highest BCUT2D eigenvalue weighted by atomic mass is 31.2. The topological polar surface area (TPSA) is 131 Å². The summed E-state index contributed by atoms with van der Waals surface area (Å²) in [6, 6.07) is -0.861. The van der Waals surface area contributed by atoms with Gasteiger partial charge < -0.3 is 21.1 Å². The van der Waals surface area contributed by atoms with Crippen LogP contribution in [0.3, 0.4) is 0 Å². The van der Waals surface area contributed by atoms with Crippen LogP contribution in [0.1, 0.15) is 206 Å². The van der Waals surface area contributed by atoms with Gasteiger partial charge in [0.15, 0.2) is 0 Å². The Bertz CT molecular complexity index is 855. The highest BCUT2D eigenvalue weighted by Crippen LogP contribution is 2.43. The molecule has 5 N–H and O–H groups in total. The van der Waals surface area contributed by atoms with E-state index in [4.69, 9.17) is 14.8 Å². The van der Waals surface area contributed by atoms with Crippen molar-refractivity contribution in [3.05, 3.63) is 24.3 Å². The molecule has 0 aliphatic carbocycles.